The Morgan fingerprint density at radius 2 is 2.11 bits per heavy atom. The highest BCUT2D eigenvalue weighted by Crippen LogP contribution is 2.44. The van der Waals surface area contributed by atoms with E-state index in [4.69, 9.17) is 5.73 Å². The van der Waals surface area contributed by atoms with Gasteiger partial charge in [-0.1, -0.05) is 30.0 Å². The number of thioether (sulfide) groups is 1. The highest BCUT2D eigenvalue weighted by atomic mass is 32.2. The number of carbonyl (C=O) groups excluding carboxylic acids is 1. The van der Waals surface area contributed by atoms with Crippen LogP contribution in [0.4, 0.5) is 5.69 Å². The fourth-order valence-electron chi connectivity index (χ4n) is 2.34. The number of amidine groups is 1. The minimum Gasteiger partial charge on any atom is -0.370 e. The molecule has 1 aromatic rings. The number of hydrogen-bond acceptors (Lipinski definition) is 6. The minimum absolute atomic E-state index is 0.190. The molecule has 98 valence electrons. The number of rotatable bonds is 0. The molecule has 3 rings (SSSR count). The second-order valence-corrected chi connectivity index (χ2v) is 5.09. The van der Waals surface area contributed by atoms with E-state index in [-0.39, 0.29) is 11.9 Å². The zero-order valence-corrected chi connectivity index (χ0v) is 11.4. The molecule has 0 saturated carbocycles. The summed E-state index contributed by atoms with van der Waals surface area (Å²) >= 11 is 1.40. The monoisotopic (exact) mass is 275 g/mol. The zero-order valence-electron chi connectivity index (χ0n) is 10.5. The van der Waals surface area contributed by atoms with E-state index in [1.165, 1.54) is 11.8 Å². The molecule has 1 amide bonds. The first-order chi connectivity index (χ1) is 9.08. The fraction of sp³-hybridized carbons (Fsp3) is 0.250. The van der Waals surface area contributed by atoms with E-state index in [2.05, 4.69) is 15.3 Å². The average molecular weight is 275 g/mol. The van der Waals surface area contributed by atoms with Gasteiger partial charge in [0.15, 0.2) is 11.1 Å². The molecule has 0 aromatic heterocycles. The first-order valence-corrected chi connectivity index (χ1v) is 6.95. The summed E-state index contributed by atoms with van der Waals surface area (Å²) in [4.78, 5) is 22.9. The largest absolute Gasteiger partial charge is 0.370 e. The Bertz CT molecular complexity index is 626. The van der Waals surface area contributed by atoms with Crippen LogP contribution in [0.15, 0.2) is 34.3 Å². The number of aliphatic imine (C=N–C) groups is 2. The molecule has 0 bridgehead atoms. The summed E-state index contributed by atoms with van der Waals surface area (Å²) in [6, 6.07) is 7.49. The molecule has 1 atom stereocenters. The van der Waals surface area contributed by atoms with E-state index < -0.39 is 5.66 Å². The number of hydrogen-bond donors (Lipinski definition) is 2. The van der Waals surface area contributed by atoms with Crippen LogP contribution in [0.25, 0.3) is 0 Å². The van der Waals surface area contributed by atoms with Gasteiger partial charge in [-0.05, 0) is 12.3 Å². The van der Waals surface area contributed by atoms with Crippen LogP contribution >= 0.6 is 11.8 Å². The minimum atomic E-state index is -1.26. The third-order valence-corrected chi connectivity index (χ3v) is 3.80. The van der Waals surface area contributed by atoms with Crippen molar-refractivity contribution in [1.82, 2.24) is 5.32 Å². The van der Waals surface area contributed by atoms with Gasteiger partial charge in [0.1, 0.15) is 0 Å². The third-order valence-electron chi connectivity index (χ3n) is 3.22. The van der Waals surface area contributed by atoms with Crippen LogP contribution in [0.1, 0.15) is 5.56 Å². The topological polar surface area (TPSA) is 83.1 Å². The number of amides is 1. The molecule has 0 radical (unpaired) electrons. The highest BCUT2D eigenvalue weighted by Gasteiger charge is 2.51. The van der Waals surface area contributed by atoms with Crippen molar-refractivity contribution in [1.29, 1.82) is 0 Å². The maximum Gasteiger partial charge on any atom is 0.282 e. The van der Waals surface area contributed by atoms with Crippen molar-refractivity contribution >= 4 is 34.5 Å². The van der Waals surface area contributed by atoms with Gasteiger partial charge in [0.05, 0.1) is 5.69 Å². The van der Waals surface area contributed by atoms with Crippen molar-refractivity contribution in [3.8, 4) is 0 Å². The predicted octanol–water partition coefficient (Wildman–Crippen LogP) is 0.453. The normalized spacial score (nSPS) is 24.9. The third kappa shape index (κ3) is 1.54. The van der Waals surface area contributed by atoms with Gasteiger partial charge in [-0.15, -0.1) is 0 Å². The molecule has 1 aromatic carbocycles. The van der Waals surface area contributed by atoms with E-state index in [0.29, 0.717) is 5.17 Å². The van der Waals surface area contributed by atoms with Crippen LogP contribution in [0, 0.1) is 0 Å². The van der Waals surface area contributed by atoms with Gasteiger partial charge in [0.25, 0.3) is 11.6 Å². The van der Waals surface area contributed by atoms with Crippen molar-refractivity contribution in [2.24, 2.45) is 15.7 Å². The van der Waals surface area contributed by atoms with E-state index >= 15 is 0 Å². The Labute approximate surface area is 114 Å². The number of para-hydroxylation sites is 1. The van der Waals surface area contributed by atoms with Crippen molar-refractivity contribution in [2.75, 3.05) is 18.2 Å². The summed E-state index contributed by atoms with van der Waals surface area (Å²) in [7, 11) is 1.72. The van der Waals surface area contributed by atoms with E-state index in [1.807, 2.05) is 30.5 Å². The fourth-order valence-corrected chi connectivity index (χ4v) is 2.77. The van der Waals surface area contributed by atoms with E-state index in [0.717, 1.165) is 11.3 Å². The maximum atomic E-state index is 12.6. The van der Waals surface area contributed by atoms with Crippen LogP contribution < -0.4 is 16.0 Å². The molecule has 19 heavy (non-hydrogen) atoms. The molecule has 7 heteroatoms. The molecule has 2 heterocycles. The molecule has 0 aliphatic carbocycles. The Balaban J connectivity index is 2.27. The zero-order chi connectivity index (χ0) is 13.6. The quantitative estimate of drug-likeness (QED) is 0.720. The lowest BCUT2D eigenvalue weighted by Crippen LogP contribution is -2.47. The van der Waals surface area contributed by atoms with E-state index in [9.17, 15) is 4.79 Å². The molecular weight excluding hydrogens is 262 g/mol. The first kappa shape index (κ1) is 12.0. The number of benzene rings is 1. The molecule has 2 aliphatic heterocycles. The second kappa shape index (κ2) is 3.99. The first-order valence-electron chi connectivity index (χ1n) is 5.72. The van der Waals surface area contributed by atoms with Crippen LogP contribution in [0.2, 0.25) is 0 Å². The standard InChI is InChI=1S/C12H13N5OS/c1-17-8-6-4-3-5-7(8)12(9(17)18)15-10(13)14-11(16-12)19-2/h3-6H,1-2H3,(H3,13,14,15,16)/t12-/m1/s1. The Morgan fingerprint density at radius 1 is 1.37 bits per heavy atom. The van der Waals surface area contributed by atoms with Gasteiger partial charge in [0.2, 0.25) is 0 Å². The maximum absolute atomic E-state index is 12.6. The molecule has 0 fully saturated rings. The van der Waals surface area contributed by atoms with Crippen LogP contribution in [0.5, 0.6) is 0 Å². The molecule has 2 aliphatic rings. The van der Waals surface area contributed by atoms with Gasteiger partial charge >= 0.3 is 0 Å². The summed E-state index contributed by atoms with van der Waals surface area (Å²) in [6.45, 7) is 0. The number of nitrogens with one attached hydrogen (secondary N) is 1. The number of guanidine groups is 1. The Morgan fingerprint density at radius 3 is 2.84 bits per heavy atom. The molecular formula is C12H13N5OS. The van der Waals surface area contributed by atoms with Crippen molar-refractivity contribution < 1.29 is 4.79 Å². The Hall–Kier alpha value is -2.02. The van der Waals surface area contributed by atoms with Crippen LogP contribution in [-0.2, 0) is 10.5 Å². The van der Waals surface area contributed by atoms with Gasteiger partial charge in [-0.3, -0.25) is 4.79 Å². The Kier molecular flexibility index (Phi) is 2.53. The average Bonchev–Trinajstić information content (AvgIpc) is 2.62. The smallest absolute Gasteiger partial charge is 0.282 e. The summed E-state index contributed by atoms with van der Waals surface area (Å²) in [5.74, 6) is 0.0162. The lowest BCUT2D eigenvalue weighted by molar-refractivity contribution is -0.122. The molecule has 0 unspecified atom stereocenters. The number of likely N-dealkylation sites (N-methyl/N-ethyl adjacent to an activating group) is 1. The van der Waals surface area contributed by atoms with Crippen LogP contribution in [0.3, 0.4) is 0 Å². The molecule has 1 spiro atoms. The summed E-state index contributed by atoms with van der Waals surface area (Å²) in [6.07, 6.45) is 1.87. The van der Waals surface area contributed by atoms with Crippen molar-refractivity contribution in [2.45, 2.75) is 5.66 Å². The second-order valence-electron chi connectivity index (χ2n) is 4.30. The van der Waals surface area contributed by atoms with Gasteiger partial charge in [0, 0.05) is 12.6 Å². The van der Waals surface area contributed by atoms with Crippen molar-refractivity contribution in [3.05, 3.63) is 29.8 Å². The SMILES string of the molecule is CSC1=N[C@@]2(N=C(N)N1)C(=O)N(C)c1ccccc12. The number of nitrogens with zero attached hydrogens (tertiary/aromatic N) is 3. The number of carbonyl (C=O) groups is 1. The number of anilines is 1. The summed E-state index contributed by atoms with van der Waals surface area (Å²) in [5.41, 5.74) is 6.11. The van der Waals surface area contributed by atoms with Crippen LogP contribution in [-0.4, -0.2) is 30.3 Å². The van der Waals surface area contributed by atoms with E-state index in [1.54, 1.807) is 11.9 Å². The van der Waals surface area contributed by atoms with Gasteiger partial charge in [-0.2, -0.15) is 0 Å². The molecule has 6 nitrogen and oxygen atoms in total. The van der Waals surface area contributed by atoms with Gasteiger partial charge in [-0.25, -0.2) is 9.98 Å². The highest BCUT2D eigenvalue weighted by molar-refractivity contribution is 8.13. The van der Waals surface area contributed by atoms with Gasteiger partial charge < -0.3 is 16.0 Å². The molecule has 3 N–H and O–H groups in total. The van der Waals surface area contributed by atoms with Crippen molar-refractivity contribution in [3.63, 3.8) is 0 Å². The number of nitrogens with two attached hydrogens (primary N) is 1. The predicted molar refractivity (Wildman–Crippen MR) is 77.2 cm³/mol. The number of fused-ring (bicyclic) bond motifs is 2. The lowest BCUT2D eigenvalue weighted by Gasteiger charge is -2.25. The molecule has 0 saturated heterocycles. The summed E-state index contributed by atoms with van der Waals surface area (Å²) in [5, 5.41) is 3.44. The summed E-state index contributed by atoms with van der Waals surface area (Å²) < 4.78 is 0. The lowest BCUT2D eigenvalue weighted by atomic mass is 10.0.